The third-order valence-corrected chi connectivity index (χ3v) is 5.85. The Labute approximate surface area is 121 Å². The number of nitrogens with two attached hydrogens (primary N) is 1. The molecule has 2 N–H and O–H groups in total. The average Bonchev–Trinajstić information content (AvgIpc) is 2.88. The van der Waals surface area contributed by atoms with Crippen LogP contribution >= 0.6 is 0 Å². The molecule has 1 spiro atoms. The van der Waals surface area contributed by atoms with Gasteiger partial charge in [0.2, 0.25) is 11.8 Å². The van der Waals surface area contributed by atoms with Crippen LogP contribution in [-0.2, 0) is 9.59 Å². The molecule has 4 heteroatoms. The van der Waals surface area contributed by atoms with Gasteiger partial charge in [0.05, 0.1) is 5.54 Å². The van der Waals surface area contributed by atoms with Gasteiger partial charge < -0.3 is 5.73 Å². The summed E-state index contributed by atoms with van der Waals surface area (Å²) in [6.07, 6.45) is 10.8. The molecule has 3 fully saturated rings. The van der Waals surface area contributed by atoms with Crippen molar-refractivity contribution < 1.29 is 9.59 Å². The zero-order valence-electron chi connectivity index (χ0n) is 12.3. The maximum Gasteiger partial charge on any atom is 0.230 e. The lowest BCUT2D eigenvalue weighted by atomic mass is 9.67. The molecule has 4 nitrogen and oxygen atoms in total. The molecule has 2 saturated carbocycles. The molecule has 0 bridgehead atoms. The van der Waals surface area contributed by atoms with Crippen LogP contribution in [0, 0.1) is 5.41 Å². The molecule has 112 valence electrons. The summed E-state index contributed by atoms with van der Waals surface area (Å²) in [4.78, 5) is 26.9. The van der Waals surface area contributed by atoms with Crippen LogP contribution in [0.2, 0.25) is 0 Å². The smallest absolute Gasteiger partial charge is 0.230 e. The van der Waals surface area contributed by atoms with Crippen LogP contribution in [0.1, 0.15) is 70.6 Å². The highest BCUT2D eigenvalue weighted by Gasteiger charge is 2.51. The van der Waals surface area contributed by atoms with E-state index < -0.39 is 0 Å². The summed E-state index contributed by atoms with van der Waals surface area (Å²) in [5.41, 5.74) is 5.57. The largest absolute Gasteiger partial charge is 0.328 e. The number of nitrogens with zero attached hydrogens (tertiary/aromatic N) is 1. The first-order chi connectivity index (χ1) is 9.61. The van der Waals surface area contributed by atoms with Crippen molar-refractivity contribution in [2.24, 2.45) is 11.1 Å². The van der Waals surface area contributed by atoms with Crippen LogP contribution in [0.5, 0.6) is 0 Å². The van der Waals surface area contributed by atoms with Gasteiger partial charge in [-0.05, 0) is 31.1 Å². The molecule has 3 aliphatic rings. The van der Waals surface area contributed by atoms with Crippen molar-refractivity contribution in [1.29, 1.82) is 0 Å². The quantitative estimate of drug-likeness (QED) is 0.789. The van der Waals surface area contributed by atoms with Crippen molar-refractivity contribution >= 4 is 11.8 Å². The number of piperidine rings is 1. The van der Waals surface area contributed by atoms with Gasteiger partial charge in [-0.1, -0.05) is 32.1 Å². The Kier molecular flexibility index (Phi) is 3.61. The first-order valence-corrected chi connectivity index (χ1v) is 8.17. The minimum Gasteiger partial charge on any atom is -0.328 e. The summed E-state index contributed by atoms with van der Waals surface area (Å²) >= 11 is 0. The van der Waals surface area contributed by atoms with E-state index in [0.29, 0.717) is 19.4 Å². The van der Waals surface area contributed by atoms with E-state index in [1.54, 1.807) is 4.90 Å². The highest BCUT2D eigenvalue weighted by Crippen LogP contribution is 2.48. The van der Waals surface area contributed by atoms with Crippen LogP contribution in [0.4, 0.5) is 0 Å². The Hall–Kier alpha value is -0.900. The van der Waals surface area contributed by atoms with Crippen LogP contribution < -0.4 is 5.73 Å². The van der Waals surface area contributed by atoms with Crippen molar-refractivity contribution in [1.82, 2.24) is 4.90 Å². The second-order valence-corrected chi connectivity index (χ2v) is 7.17. The molecule has 20 heavy (non-hydrogen) atoms. The fourth-order valence-corrected chi connectivity index (χ4v) is 4.74. The Morgan fingerprint density at radius 2 is 1.35 bits per heavy atom. The Bertz CT molecular complexity index is 387. The molecule has 0 aromatic heterocycles. The number of likely N-dealkylation sites (tertiary alicyclic amines) is 1. The van der Waals surface area contributed by atoms with Gasteiger partial charge >= 0.3 is 0 Å². The standard InChI is InChI=1S/C16H26N2O2/c17-12-16(8-4-5-9-16)18-13(19)10-15(11-14(18)20)6-2-1-3-7-15/h1-12,17H2. The van der Waals surface area contributed by atoms with Gasteiger partial charge in [-0.25, -0.2) is 0 Å². The van der Waals surface area contributed by atoms with Crippen molar-refractivity contribution in [2.75, 3.05) is 6.54 Å². The second-order valence-electron chi connectivity index (χ2n) is 7.17. The Morgan fingerprint density at radius 1 is 0.850 bits per heavy atom. The Balaban J connectivity index is 1.82. The lowest BCUT2D eigenvalue weighted by Gasteiger charge is -2.48. The van der Waals surface area contributed by atoms with Crippen molar-refractivity contribution in [3.8, 4) is 0 Å². The van der Waals surface area contributed by atoms with E-state index in [-0.39, 0.29) is 22.8 Å². The average molecular weight is 278 g/mol. The van der Waals surface area contributed by atoms with E-state index in [4.69, 9.17) is 5.73 Å². The van der Waals surface area contributed by atoms with Crippen LogP contribution in [0.3, 0.4) is 0 Å². The molecule has 1 aliphatic heterocycles. The van der Waals surface area contributed by atoms with E-state index in [9.17, 15) is 9.59 Å². The number of imide groups is 1. The molecule has 1 heterocycles. The minimum absolute atomic E-state index is 0.0166. The van der Waals surface area contributed by atoms with Gasteiger partial charge in [0, 0.05) is 19.4 Å². The highest BCUT2D eigenvalue weighted by atomic mass is 16.2. The Morgan fingerprint density at radius 3 is 1.85 bits per heavy atom. The molecule has 1 saturated heterocycles. The maximum absolute atomic E-state index is 12.7. The fourth-order valence-electron chi connectivity index (χ4n) is 4.74. The van der Waals surface area contributed by atoms with Gasteiger partial charge in [0.1, 0.15) is 0 Å². The van der Waals surface area contributed by atoms with E-state index in [1.807, 2.05) is 0 Å². The van der Waals surface area contributed by atoms with Gasteiger partial charge in [-0.2, -0.15) is 0 Å². The SMILES string of the molecule is NCC1(N2C(=O)CC3(CCCCC3)CC2=O)CCCC1. The number of carbonyl (C=O) groups is 2. The topological polar surface area (TPSA) is 63.4 Å². The first-order valence-electron chi connectivity index (χ1n) is 8.17. The molecule has 2 aliphatic carbocycles. The molecule has 0 aromatic carbocycles. The molecule has 3 rings (SSSR count). The summed E-state index contributed by atoms with van der Waals surface area (Å²) < 4.78 is 0. The molecule has 0 atom stereocenters. The third kappa shape index (κ3) is 2.18. The fraction of sp³-hybridized carbons (Fsp3) is 0.875. The number of rotatable bonds is 2. The van der Waals surface area contributed by atoms with Gasteiger partial charge in [-0.15, -0.1) is 0 Å². The lowest BCUT2D eigenvalue weighted by Crippen LogP contribution is -2.61. The summed E-state index contributed by atoms with van der Waals surface area (Å²) in [5.74, 6) is 0.103. The number of carbonyl (C=O) groups excluding carboxylic acids is 2. The number of amides is 2. The van der Waals surface area contributed by atoms with E-state index in [2.05, 4.69) is 0 Å². The van der Waals surface area contributed by atoms with E-state index >= 15 is 0 Å². The first kappa shape index (κ1) is 14.1. The maximum atomic E-state index is 12.7. The van der Waals surface area contributed by atoms with Crippen molar-refractivity contribution in [3.05, 3.63) is 0 Å². The summed E-state index contributed by atoms with van der Waals surface area (Å²) in [6.45, 7) is 0.428. The minimum atomic E-state index is -0.357. The molecule has 0 unspecified atom stereocenters. The van der Waals surface area contributed by atoms with Gasteiger partial charge in [-0.3, -0.25) is 14.5 Å². The lowest BCUT2D eigenvalue weighted by molar-refractivity contribution is -0.162. The predicted molar refractivity (Wildman–Crippen MR) is 76.9 cm³/mol. The normalized spacial score (nSPS) is 29.1. The zero-order valence-corrected chi connectivity index (χ0v) is 12.3. The number of hydrogen-bond acceptors (Lipinski definition) is 3. The predicted octanol–water partition coefficient (Wildman–Crippen LogP) is 2.36. The molecule has 0 aromatic rings. The van der Waals surface area contributed by atoms with Crippen LogP contribution in [-0.4, -0.2) is 28.8 Å². The molecular weight excluding hydrogens is 252 g/mol. The third-order valence-electron chi connectivity index (χ3n) is 5.85. The van der Waals surface area contributed by atoms with E-state index in [0.717, 1.165) is 38.5 Å². The highest BCUT2D eigenvalue weighted by molar-refractivity contribution is 5.99. The zero-order chi connectivity index (χ0) is 14.2. The molecule has 0 radical (unpaired) electrons. The van der Waals surface area contributed by atoms with Crippen LogP contribution in [0.25, 0.3) is 0 Å². The number of hydrogen-bond donors (Lipinski definition) is 1. The molecule has 2 amide bonds. The monoisotopic (exact) mass is 278 g/mol. The van der Waals surface area contributed by atoms with Crippen LogP contribution in [0.15, 0.2) is 0 Å². The van der Waals surface area contributed by atoms with Gasteiger partial charge in [0.15, 0.2) is 0 Å². The second kappa shape index (κ2) is 5.14. The summed E-state index contributed by atoms with van der Waals surface area (Å²) in [6, 6.07) is 0. The van der Waals surface area contributed by atoms with Gasteiger partial charge in [0.25, 0.3) is 0 Å². The summed E-state index contributed by atoms with van der Waals surface area (Å²) in [5, 5.41) is 0. The molecular formula is C16H26N2O2. The van der Waals surface area contributed by atoms with Crippen molar-refractivity contribution in [3.63, 3.8) is 0 Å². The summed E-state index contributed by atoms with van der Waals surface area (Å²) in [7, 11) is 0. The van der Waals surface area contributed by atoms with Crippen molar-refractivity contribution in [2.45, 2.75) is 76.2 Å². The van der Waals surface area contributed by atoms with E-state index in [1.165, 1.54) is 19.3 Å².